The van der Waals surface area contributed by atoms with Crippen molar-refractivity contribution in [2.75, 3.05) is 11.9 Å². The van der Waals surface area contributed by atoms with Crippen LogP contribution in [0.3, 0.4) is 0 Å². The number of nitrogens with one attached hydrogen (secondary N) is 1. The van der Waals surface area contributed by atoms with Gasteiger partial charge in [-0.2, -0.15) is 4.98 Å². The van der Waals surface area contributed by atoms with Crippen molar-refractivity contribution in [2.45, 2.75) is 20.0 Å². The number of fused-ring (bicyclic) bond motifs is 1. The second kappa shape index (κ2) is 7.40. The molecular weight excluding hydrogens is 344 g/mol. The highest BCUT2D eigenvalue weighted by molar-refractivity contribution is 5.78. The molecule has 0 aliphatic heterocycles. The normalized spacial score (nSPS) is 11.0. The van der Waals surface area contributed by atoms with Crippen molar-refractivity contribution >= 4 is 16.9 Å². The van der Waals surface area contributed by atoms with Gasteiger partial charge in [-0.05, 0) is 41.1 Å². The van der Waals surface area contributed by atoms with Gasteiger partial charge >= 0.3 is 6.01 Å². The number of aryl methyl sites for hydroxylation is 1. The molecule has 0 spiro atoms. The standard InChI is InChI=1S/C18H20N8O/c1-3-11-19-16-10-6-7-13(20-16)12-27-18-21-14-8-4-5-9-15(14)26(18)17-22-23-24-25(17)2/h4-10H,3,11-12H2,1-2H3,(H,19,20). The third-order valence-electron chi connectivity index (χ3n) is 4.04. The zero-order chi connectivity index (χ0) is 18.6. The molecule has 138 valence electrons. The number of aromatic nitrogens is 7. The zero-order valence-corrected chi connectivity index (χ0v) is 15.2. The first-order chi connectivity index (χ1) is 13.3. The van der Waals surface area contributed by atoms with E-state index in [9.17, 15) is 0 Å². The third kappa shape index (κ3) is 3.43. The molecule has 4 aromatic rings. The summed E-state index contributed by atoms with van der Waals surface area (Å²) in [4.78, 5) is 9.16. The van der Waals surface area contributed by atoms with Crippen LogP contribution in [-0.4, -0.2) is 41.3 Å². The van der Waals surface area contributed by atoms with Crippen LogP contribution in [0.15, 0.2) is 42.5 Å². The minimum absolute atomic E-state index is 0.288. The van der Waals surface area contributed by atoms with Gasteiger partial charge in [-0.3, -0.25) is 0 Å². The highest BCUT2D eigenvalue weighted by Gasteiger charge is 2.18. The molecule has 0 bridgehead atoms. The van der Waals surface area contributed by atoms with E-state index in [-0.39, 0.29) is 6.61 Å². The monoisotopic (exact) mass is 364 g/mol. The van der Waals surface area contributed by atoms with Crippen molar-refractivity contribution in [1.29, 1.82) is 0 Å². The van der Waals surface area contributed by atoms with E-state index in [1.807, 2.05) is 42.5 Å². The number of pyridine rings is 1. The lowest BCUT2D eigenvalue weighted by atomic mass is 10.3. The summed E-state index contributed by atoms with van der Waals surface area (Å²) in [7, 11) is 1.78. The Labute approximate surface area is 156 Å². The number of para-hydroxylation sites is 2. The average Bonchev–Trinajstić information content (AvgIpc) is 3.27. The maximum Gasteiger partial charge on any atom is 0.305 e. The SMILES string of the molecule is CCCNc1cccc(COc2nc3ccccc3n2-c2nnnn2C)n1. The molecule has 9 heteroatoms. The molecule has 0 radical (unpaired) electrons. The van der Waals surface area contributed by atoms with Gasteiger partial charge in [-0.15, -0.1) is 0 Å². The van der Waals surface area contributed by atoms with E-state index < -0.39 is 0 Å². The predicted octanol–water partition coefficient (Wildman–Crippen LogP) is 2.34. The van der Waals surface area contributed by atoms with Crippen LogP contribution in [0.1, 0.15) is 19.0 Å². The maximum atomic E-state index is 6.00. The molecule has 1 N–H and O–H groups in total. The Hall–Kier alpha value is -3.49. The smallest absolute Gasteiger partial charge is 0.305 e. The summed E-state index contributed by atoms with van der Waals surface area (Å²) in [6.07, 6.45) is 1.04. The molecule has 27 heavy (non-hydrogen) atoms. The van der Waals surface area contributed by atoms with Crippen molar-refractivity contribution in [3.63, 3.8) is 0 Å². The Bertz CT molecular complexity index is 1050. The summed E-state index contributed by atoms with van der Waals surface area (Å²) in [5.41, 5.74) is 2.49. The highest BCUT2D eigenvalue weighted by Crippen LogP contribution is 2.25. The average molecular weight is 364 g/mol. The zero-order valence-electron chi connectivity index (χ0n) is 15.2. The van der Waals surface area contributed by atoms with Crippen molar-refractivity contribution < 1.29 is 4.74 Å². The van der Waals surface area contributed by atoms with Crippen LogP contribution >= 0.6 is 0 Å². The first-order valence-electron chi connectivity index (χ1n) is 8.79. The maximum absolute atomic E-state index is 6.00. The summed E-state index contributed by atoms with van der Waals surface area (Å²) in [6, 6.07) is 14.0. The van der Waals surface area contributed by atoms with E-state index in [0.717, 1.165) is 35.5 Å². The number of ether oxygens (including phenoxy) is 1. The molecule has 0 aliphatic carbocycles. The molecule has 0 atom stereocenters. The lowest BCUT2D eigenvalue weighted by Gasteiger charge is -2.09. The van der Waals surface area contributed by atoms with Crippen LogP contribution in [-0.2, 0) is 13.7 Å². The number of tetrazole rings is 1. The molecule has 0 fully saturated rings. The van der Waals surface area contributed by atoms with Gasteiger partial charge in [0.2, 0.25) is 0 Å². The van der Waals surface area contributed by atoms with Crippen molar-refractivity contribution in [2.24, 2.45) is 7.05 Å². The highest BCUT2D eigenvalue weighted by atomic mass is 16.5. The summed E-state index contributed by atoms with van der Waals surface area (Å²) in [6.45, 7) is 3.29. The number of nitrogens with zero attached hydrogens (tertiary/aromatic N) is 7. The van der Waals surface area contributed by atoms with Crippen LogP contribution in [0.25, 0.3) is 17.0 Å². The van der Waals surface area contributed by atoms with Gasteiger partial charge in [0.05, 0.1) is 16.7 Å². The van der Waals surface area contributed by atoms with Gasteiger partial charge in [-0.1, -0.05) is 30.2 Å². The molecule has 0 saturated heterocycles. The number of rotatable bonds is 7. The van der Waals surface area contributed by atoms with Crippen molar-refractivity contribution in [3.05, 3.63) is 48.2 Å². The Kier molecular flexibility index (Phi) is 4.65. The Balaban J connectivity index is 1.64. The lowest BCUT2D eigenvalue weighted by Crippen LogP contribution is -2.09. The summed E-state index contributed by atoms with van der Waals surface area (Å²) in [5.74, 6) is 1.37. The quantitative estimate of drug-likeness (QED) is 0.538. The summed E-state index contributed by atoms with van der Waals surface area (Å²) < 4.78 is 9.38. The number of imidazole rings is 1. The van der Waals surface area contributed by atoms with Gasteiger partial charge in [0.1, 0.15) is 12.4 Å². The number of hydrogen-bond acceptors (Lipinski definition) is 7. The van der Waals surface area contributed by atoms with Crippen LogP contribution in [0.4, 0.5) is 5.82 Å². The van der Waals surface area contributed by atoms with Gasteiger partial charge in [0, 0.05) is 13.6 Å². The molecule has 9 nitrogen and oxygen atoms in total. The predicted molar refractivity (Wildman–Crippen MR) is 101 cm³/mol. The van der Waals surface area contributed by atoms with Gasteiger partial charge in [0.25, 0.3) is 5.95 Å². The number of anilines is 1. The molecule has 3 aromatic heterocycles. The fourth-order valence-electron chi connectivity index (χ4n) is 2.76. The van der Waals surface area contributed by atoms with Gasteiger partial charge < -0.3 is 10.1 Å². The summed E-state index contributed by atoms with van der Waals surface area (Å²) >= 11 is 0. The van der Waals surface area contributed by atoms with E-state index >= 15 is 0 Å². The molecule has 0 saturated carbocycles. The van der Waals surface area contributed by atoms with E-state index in [1.165, 1.54) is 0 Å². The van der Waals surface area contributed by atoms with E-state index in [0.29, 0.717) is 12.0 Å². The van der Waals surface area contributed by atoms with Crippen LogP contribution < -0.4 is 10.1 Å². The van der Waals surface area contributed by atoms with E-state index in [1.54, 1.807) is 16.3 Å². The first-order valence-corrected chi connectivity index (χ1v) is 8.79. The summed E-state index contributed by atoms with van der Waals surface area (Å²) in [5, 5.41) is 15.0. The van der Waals surface area contributed by atoms with E-state index in [2.05, 4.69) is 37.7 Å². The number of benzene rings is 1. The van der Waals surface area contributed by atoms with Crippen molar-refractivity contribution in [3.8, 4) is 12.0 Å². The minimum atomic E-state index is 0.288. The fourth-order valence-corrected chi connectivity index (χ4v) is 2.76. The molecule has 1 aromatic carbocycles. The van der Waals surface area contributed by atoms with Crippen LogP contribution in [0.5, 0.6) is 6.01 Å². The van der Waals surface area contributed by atoms with Gasteiger partial charge in [0.15, 0.2) is 0 Å². The fraction of sp³-hybridized carbons (Fsp3) is 0.278. The van der Waals surface area contributed by atoms with Crippen LogP contribution in [0, 0.1) is 0 Å². The van der Waals surface area contributed by atoms with Crippen molar-refractivity contribution in [1.82, 2.24) is 34.7 Å². The molecule has 3 heterocycles. The molecule has 0 unspecified atom stereocenters. The minimum Gasteiger partial charge on any atom is -0.458 e. The third-order valence-corrected chi connectivity index (χ3v) is 4.04. The second-order valence-corrected chi connectivity index (χ2v) is 6.05. The van der Waals surface area contributed by atoms with E-state index in [4.69, 9.17) is 4.74 Å². The molecule has 0 amide bonds. The van der Waals surface area contributed by atoms with Gasteiger partial charge in [-0.25, -0.2) is 14.2 Å². The second-order valence-electron chi connectivity index (χ2n) is 6.05. The molecule has 0 aliphatic rings. The Morgan fingerprint density at radius 3 is 2.78 bits per heavy atom. The Morgan fingerprint density at radius 2 is 1.96 bits per heavy atom. The number of hydrogen-bond donors (Lipinski definition) is 1. The Morgan fingerprint density at radius 1 is 1.07 bits per heavy atom. The largest absolute Gasteiger partial charge is 0.458 e. The molecule has 4 rings (SSSR count). The topological polar surface area (TPSA) is 95.6 Å². The first kappa shape index (κ1) is 17.0. The lowest BCUT2D eigenvalue weighted by molar-refractivity contribution is 0.272. The van der Waals surface area contributed by atoms with Crippen LogP contribution in [0.2, 0.25) is 0 Å². The molecular formula is C18H20N8O.